The molecule has 1 aliphatic rings. The molecule has 3 rings (SSSR count). The second-order valence-corrected chi connectivity index (χ2v) is 6.47. The molecule has 0 radical (unpaired) electrons. The SMILES string of the molecule is C[C@H](NC(=O)c1ccoc1)C(=O)NC[C@]1(O)CCCc2ccccc21. The van der Waals surface area contributed by atoms with Crippen molar-refractivity contribution in [2.45, 2.75) is 37.8 Å². The molecule has 0 bridgehead atoms. The Morgan fingerprint density at radius 3 is 2.88 bits per heavy atom. The van der Waals surface area contributed by atoms with E-state index < -0.39 is 11.6 Å². The van der Waals surface area contributed by atoms with Gasteiger partial charge in [0.2, 0.25) is 5.91 Å². The van der Waals surface area contributed by atoms with Gasteiger partial charge in [-0.2, -0.15) is 0 Å². The fraction of sp³-hybridized carbons (Fsp3) is 0.368. The number of carbonyl (C=O) groups excluding carboxylic acids is 2. The molecule has 0 saturated carbocycles. The van der Waals surface area contributed by atoms with Crippen molar-refractivity contribution in [3.05, 3.63) is 59.5 Å². The molecule has 0 aliphatic heterocycles. The molecule has 6 nitrogen and oxygen atoms in total. The van der Waals surface area contributed by atoms with Gasteiger partial charge in [0.25, 0.3) is 5.91 Å². The summed E-state index contributed by atoms with van der Waals surface area (Å²) in [4.78, 5) is 24.2. The van der Waals surface area contributed by atoms with Gasteiger partial charge in [0, 0.05) is 0 Å². The van der Waals surface area contributed by atoms with Crippen LogP contribution in [0.4, 0.5) is 0 Å². The topological polar surface area (TPSA) is 91.6 Å². The Hall–Kier alpha value is -2.60. The van der Waals surface area contributed by atoms with E-state index in [-0.39, 0.29) is 18.4 Å². The van der Waals surface area contributed by atoms with Crippen molar-refractivity contribution in [1.82, 2.24) is 10.6 Å². The third-order valence-corrected chi connectivity index (χ3v) is 4.63. The second kappa shape index (κ2) is 7.11. The minimum atomic E-state index is -1.07. The molecule has 1 heterocycles. The second-order valence-electron chi connectivity index (χ2n) is 6.47. The number of benzene rings is 1. The fourth-order valence-corrected chi connectivity index (χ4v) is 3.21. The maximum atomic E-state index is 12.3. The lowest BCUT2D eigenvalue weighted by molar-refractivity contribution is -0.124. The van der Waals surface area contributed by atoms with Crippen molar-refractivity contribution in [1.29, 1.82) is 0 Å². The molecule has 25 heavy (non-hydrogen) atoms. The third kappa shape index (κ3) is 3.74. The van der Waals surface area contributed by atoms with Crippen LogP contribution < -0.4 is 10.6 Å². The Morgan fingerprint density at radius 1 is 1.32 bits per heavy atom. The summed E-state index contributed by atoms with van der Waals surface area (Å²) in [7, 11) is 0. The van der Waals surface area contributed by atoms with Crippen LogP contribution in [0, 0.1) is 0 Å². The number of hydrogen-bond donors (Lipinski definition) is 3. The zero-order chi connectivity index (χ0) is 17.9. The average molecular weight is 342 g/mol. The highest BCUT2D eigenvalue weighted by Gasteiger charge is 2.34. The predicted molar refractivity (Wildman–Crippen MR) is 91.9 cm³/mol. The van der Waals surface area contributed by atoms with E-state index in [2.05, 4.69) is 10.6 Å². The van der Waals surface area contributed by atoms with Crippen LogP contribution in [0.2, 0.25) is 0 Å². The third-order valence-electron chi connectivity index (χ3n) is 4.63. The minimum absolute atomic E-state index is 0.120. The van der Waals surface area contributed by atoms with Gasteiger partial charge >= 0.3 is 0 Å². The largest absolute Gasteiger partial charge is 0.472 e. The molecule has 0 spiro atoms. The van der Waals surface area contributed by atoms with E-state index in [0.717, 1.165) is 24.0 Å². The number of rotatable bonds is 5. The van der Waals surface area contributed by atoms with Crippen molar-refractivity contribution < 1.29 is 19.1 Å². The maximum Gasteiger partial charge on any atom is 0.255 e. The first-order valence-corrected chi connectivity index (χ1v) is 8.41. The number of aliphatic hydroxyl groups is 1. The molecule has 3 N–H and O–H groups in total. The summed E-state index contributed by atoms with van der Waals surface area (Å²) < 4.78 is 4.86. The lowest BCUT2D eigenvalue weighted by Gasteiger charge is -2.35. The Balaban J connectivity index is 1.59. The Bertz CT molecular complexity index is 757. The lowest BCUT2D eigenvalue weighted by Crippen LogP contribution is -2.49. The maximum absolute atomic E-state index is 12.3. The normalized spacial score (nSPS) is 20.4. The van der Waals surface area contributed by atoms with Gasteiger partial charge in [-0.1, -0.05) is 24.3 Å². The molecule has 0 unspecified atom stereocenters. The first-order chi connectivity index (χ1) is 12.0. The monoisotopic (exact) mass is 342 g/mol. The number of nitrogens with one attached hydrogen (secondary N) is 2. The van der Waals surface area contributed by atoms with E-state index in [9.17, 15) is 14.7 Å². The van der Waals surface area contributed by atoms with E-state index in [1.807, 2.05) is 24.3 Å². The first kappa shape index (κ1) is 17.2. The van der Waals surface area contributed by atoms with Gasteiger partial charge in [0.15, 0.2) is 0 Å². The van der Waals surface area contributed by atoms with Crippen LogP contribution in [0.25, 0.3) is 0 Å². The quantitative estimate of drug-likeness (QED) is 0.772. The summed E-state index contributed by atoms with van der Waals surface area (Å²) in [5.41, 5.74) is 1.28. The minimum Gasteiger partial charge on any atom is -0.472 e. The molecule has 2 aromatic rings. The van der Waals surface area contributed by atoms with Crippen LogP contribution in [-0.4, -0.2) is 29.5 Å². The summed E-state index contributed by atoms with van der Waals surface area (Å²) in [5, 5.41) is 16.3. The molecule has 132 valence electrons. The highest BCUT2D eigenvalue weighted by Crippen LogP contribution is 2.34. The molecule has 2 atom stereocenters. The number of fused-ring (bicyclic) bond motifs is 1. The summed E-state index contributed by atoms with van der Waals surface area (Å²) in [5.74, 6) is -0.716. The molecule has 0 fully saturated rings. The highest BCUT2D eigenvalue weighted by molar-refractivity contribution is 5.97. The van der Waals surface area contributed by atoms with Gasteiger partial charge in [-0.15, -0.1) is 0 Å². The zero-order valence-electron chi connectivity index (χ0n) is 14.1. The molecule has 1 aromatic carbocycles. The van der Waals surface area contributed by atoms with E-state index in [1.165, 1.54) is 18.6 Å². The Kier molecular flexibility index (Phi) is 4.90. The van der Waals surface area contributed by atoms with E-state index in [0.29, 0.717) is 12.0 Å². The van der Waals surface area contributed by atoms with E-state index >= 15 is 0 Å². The predicted octanol–water partition coefficient (Wildman–Crippen LogP) is 1.74. The van der Waals surface area contributed by atoms with Crippen LogP contribution >= 0.6 is 0 Å². The van der Waals surface area contributed by atoms with Crippen LogP contribution in [0.5, 0.6) is 0 Å². The van der Waals surface area contributed by atoms with Gasteiger partial charge in [-0.05, 0) is 43.4 Å². The van der Waals surface area contributed by atoms with Crippen molar-refractivity contribution >= 4 is 11.8 Å². The van der Waals surface area contributed by atoms with E-state index in [4.69, 9.17) is 4.42 Å². The molecular formula is C19H22N2O4. The lowest BCUT2D eigenvalue weighted by atomic mass is 9.79. The van der Waals surface area contributed by atoms with Gasteiger partial charge in [0.1, 0.15) is 17.9 Å². The van der Waals surface area contributed by atoms with E-state index in [1.54, 1.807) is 6.92 Å². The van der Waals surface area contributed by atoms with Crippen LogP contribution in [0.1, 0.15) is 41.3 Å². The summed E-state index contributed by atoms with van der Waals surface area (Å²) in [6, 6.07) is 8.58. The van der Waals surface area contributed by atoms with Crippen molar-refractivity contribution in [2.24, 2.45) is 0 Å². The molecule has 6 heteroatoms. The zero-order valence-corrected chi connectivity index (χ0v) is 14.1. The molecule has 1 aromatic heterocycles. The number of carbonyl (C=O) groups is 2. The Morgan fingerprint density at radius 2 is 2.12 bits per heavy atom. The van der Waals surface area contributed by atoms with Gasteiger partial charge in [-0.3, -0.25) is 9.59 Å². The molecule has 0 saturated heterocycles. The van der Waals surface area contributed by atoms with Crippen molar-refractivity contribution in [3.63, 3.8) is 0 Å². The van der Waals surface area contributed by atoms with Gasteiger partial charge in [-0.25, -0.2) is 0 Å². The van der Waals surface area contributed by atoms with Crippen molar-refractivity contribution in [3.8, 4) is 0 Å². The van der Waals surface area contributed by atoms with Crippen molar-refractivity contribution in [2.75, 3.05) is 6.54 Å². The number of aryl methyl sites for hydroxylation is 1. The summed E-state index contributed by atoms with van der Waals surface area (Å²) in [6.07, 6.45) is 5.12. The number of hydrogen-bond acceptors (Lipinski definition) is 4. The number of amides is 2. The van der Waals surface area contributed by atoms with Crippen LogP contribution in [-0.2, 0) is 16.8 Å². The average Bonchev–Trinajstić information content (AvgIpc) is 3.15. The molecular weight excluding hydrogens is 320 g/mol. The first-order valence-electron chi connectivity index (χ1n) is 8.41. The molecule has 1 aliphatic carbocycles. The standard InChI is InChI=1S/C19H22N2O4/c1-13(21-18(23)15-8-10-25-11-15)17(22)20-12-19(24)9-4-6-14-5-2-3-7-16(14)19/h2-3,5,7-8,10-11,13,24H,4,6,9,12H2,1H3,(H,20,22)(H,21,23)/t13-,19+/m0/s1. The highest BCUT2D eigenvalue weighted by atomic mass is 16.3. The Labute approximate surface area is 146 Å². The van der Waals surface area contributed by atoms with Crippen LogP contribution in [0.3, 0.4) is 0 Å². The fourth-order valence-electron chi connectivity index (χ4n) is 3.21. The smallest absolute Gasteiger partial charge is 0.255 e. The number of furan rings is 1. The van der Waals surface area contributed by atoms with Gasteiger partial charge in [0.05, 0.1) is 18.4 Å². The van der Waals surface area contributed by atoms with Crippen LogP contribution in [0.15, 0.2) is 47.3 Å². The molecule has 2 amide bonds. The van der Waals surface area contributed by atoms with Gasteiger partial charge < -0.3 is 20.2 Å². The summed E-state index contributed by atoms with van der Waals surface area (Å²) in [6.45, 7) is 1.72. The summed E-state index contributed by atoms with van der Waals surface area (Å²) >= 11 is 0.